The van der Waals surface area contributed by atoms with Crippen molar-refractivity contribution < 1.29 is 14.7 Å². The van der Waals surface area contributed by atoms with Crippen LogP contribution < -0.4 is 11.1 Å². The maximum absolute atomic E-state index is 11.8. The molecule has 0 aliphatic rings. The van der Waals surface area contributed by atoms with Crippen LogP contribution in [-0.4, -0.2) is 29.1 Å². The Kier molecular flexibility index (Phi) is 5.61. The summed E-state index contributed by atoms with van der Waals surface area (Å²) in [5.41, 5.74) is 5.41. The van der Waals surface area contributed by atoms with Crippen molar-refractivity contribution in [2.45, 2.75) is 53.1 Å². The molecule has 5 heteroatoms. The summed E-state index contributed by atoms with van der Waals surface area (Å²) in [5.74, 6) is -1.19. The second-order valence-corrected chi connectivity index (χ2v) is 5.79. The molecule has 0 spiro atoms. The molecule has 0 aromatic carbocycles. The Hall–Kier alpha value is -1.10. The van der Waals surface area contributed by atoms with Gasteiger partial charge in [0.25, 0.3) is 0 Å². The molecule has 2 atom stereocenters. The minimum Gasteiger partial charge on any atom is -0.481 e. The summed E-state index contributed by atoms with van der Waals surface area (Å²) in [6.07, 6.45) is -0.0972. The second kappa shape index (κ2) is 6.00. The van der Waals surface area contributed by atoms with Gasteiger partial charge in [-0.3, -0.25) is 9.59 Å². The van der Waals surface area contributed by atoms with E-state index in [9.17, 15) is 9.59 Å². The van der Waals surface area contributed by atoms with Gasteiger partial charge < -0.3 is 16.2 Å². The number of nitrogens with one attached hydrogen (secondary N) is 1. The van der Waals surface area contributed by atoms with E-state index in [0.717, 1.165) is 0 Å². The monoisotopic (exact) mass is 244 g/mol. The molecule has 0 aliphatic carbocycles. The highest BCUT2D eigenvalue weighted by Gasteiger charge is 2.30. The first-order valence-corrected chi connectivity index (χ1v) is 5.83. The van der Waals surface area contributed by atoms with Crippen molar-refractivity contribution >= 4 is 11.9 Å². The van der Waals surface area contributed by atoms with E-state index >= 15 is 0 Å². The first-order chi connectivity index (χ1) is 7.55. The Bertz CT molecular complexity index is 282. The van der Waals surface area contributed by atoms with E-state index < -0.39 is 18.1 Å². The van der Waals surface area contributed by atoms with Crippen molar-refractivity contribution in [3.05, 3.63) is 0 Å². The molecule has 0 rings (SSSR count). The Morgan fingerprint density at radius 2 is 1.76 bits per heavy atom. The highest BCUT2D eigenvalue weighted by molar-refractivity contribution is 5.82. The number of carbonyl (C=O) groups is 2. The molecule has 0 fully saturated rings. The quantitative estimate of drug-likeness (QED) is 0.672. The third-order valence-electron chi connectivity index (χ3n) is 2.76. The van der Waals surface area contributed by atoms with E-state index in [2.05, 4.69) is 5.32 Å². The second-order valence-electron chi connectivity index (χ2n) is 5.79. The molecule has 4 N–H and O–H groups in total. The van der Waals surface area contributed by atoms with Gasteiger partial charge in [-0.2, -0.15) is 0 Å². The maximum atomic E-state index is 11.8. The summed E-state index contributed by atoms with van der Waals surface area (Å²) >= 11 is 0. The molecule has 100 valence electrons. The average molecular weight is 244 g/mol. The number of hydrogen-bond acceptors (Lipinski definition) is 3. The Morgan fingerprint density at radius 3 is 2.06 bits per heavy atom. The molecule has 0 heterocycles. The highest BCUT2D eigenvalue weighted by Crippen LogP contribution is 2.22. The Balaban J connectivity index is 4.65. The van der Waals surface area contributed by atoms with Crippen LogP contribution in [0.2, 0.25) is 0 Å². The van der Waals surface area contributed by atoms with Gasteiger partial charge in [-0.05, 0) is 11.3 Å². The summed E-state index contributed by atoms with van der Waals surface area (Å²) in [7, 11) is 0. The van der Waals surface area contributed by atoms with E-state index in [4.69, 9.17) is 10.8 Å². The molecule has 0 saturated carbocycles. The van der Waals surface area contributed by atoms with Gasteiger partial charge in [-0.15, -0.1) is 0 Å². The van der Waals surface area contributed by atoms with Crippen LogP contribution in [0.4, 0.5) is 0 Å². The van der Waals surface area contributed by atoms with E-state index in [1.54, 1.807) is 0 Å². The lowest BCUT2D eigenvalue weighted by Gasteiger charge is -2.31. The molecular weight excluding hydrogens is 220 g/mol. The maximum Gasteiger partial charge on any atom is 0.305 e. The Morgan fingerprint density at radius 1 is 1.29 bits per heavy atom. The van der Waals surface area contributed by atoms with Crippen LogP contribution >= 0.6 is 0 Å². The normalized spacial score (nSPS) is 15.5. The van der Waals surface area contributed by atoms with Crippen molar-refractivity contribution in [2.24, 2.45) is 17.1 Å². The number of carboxylic acid groups (broad SMARTS) is 1. The summed E-state index contributed by atoms with van der Waals surface area (Å²) < 4.78 is 0. The molecule has 17 heavy (non-hydrogen) atoms. The molecule has 1 amide bonds. The zero-order chi connectivity index (χ0) is 13.8. The molecule has 5 nitrogen and oxygen atoms in total. The summed E-state index contributed by atoms with van der Waals surface area (Å²) in [6, 6.07) is -1.02. The van der Waals surface area contributed by atoms with Crippen LogP contribution in [0.25, 0.3) is 0 Å². The fraction of sp³-hybridized carbons (Fsp3) is 0.833. The summed E-state index contributed by atoms with van der Waals surface area (Å²) in [6.45, 7) is 9.38. The third-order valence-corrected chi connectivity index (χ3v) is 2.76. The fourth-order valence-corrected chi connectivity index (χ4v) is 1.32. The molecule has 0 aromatic heterocycles. The first kappa shape index (κ1) is 15.9. The number of rotatable bonds is 5. The van der Waals surface area contributed by atoms with Gasteiger partial charge >= 0.3 is 5.97 Å². The average Bonchev–Trinajstić information content (AvgIpc) is 2.13. The third kappa shape index (κ3) is 5.68. The minimum absolute atomic E-state index is 0.0282. The number of hydrogen-bond donors (Lipinski definition) is 3. The SMILES string of the molecule is CC(C)C(N)C(=O)NC(CC(=O)O)C(C)(C)C. The lowest BCUT2D eigenvalue weighted by Crippen LogP contribution is -2.52. The number of nitrogens with two attached hydrogens (primary N) is 1. The van der Waals surface area contributed by atoms with Gasteiger partial charge in [0.05, 0.1) is 12.5 Å². The molecule has 0 aromatic rings. The van der Waals surface area contributed by atoms with Crippen LogP contribution in [-0.2, 0) is 9.59 Å². The van der Waals surface area contributed by atoms with E-state index in [1.807, 2.05) is 34.6 Å². The predicted molar refractivity (Wildman–Crippen MR) is 66.5 cm³/mol. The van der Waals surface area contributed by atoms with Crippen molar-refractivity contribution in [3.8, 4) is 0 Å². The fourth-order valence-electron chi connectivity index (χ4n) is 1.32. The number of carbonyl (C=O) groups excluding carboxylic acids is 1. The van der Waals surface area contributed by atoms with Gasteiger partial charge in [0, 0.05) is 6.04 Å². The van der Waals surface area contributed by atoms with Crippen LogP contribution in [0.1, 0.15) is 41.0 Å². The van der Waals surface area contributed by atoms with Crippen LogP contribution in [0.5, 0.6) is 0 Å². The van der Waals surface area contributed by atoms with E-state index in [-0.39, 0.29) is 23.7 Å². The van der Waals surface area contributed by atoms with Gasteiger partial charge in [0.2, 0.25) is 5.91 Å². The topological polar surface area (TPSA) is 92.4 Å². The first-order valence-electron chi connectivity index (χ1n) is 5.83. The van der Waals surface area contributed by atoms with Crippen molar-refractivity contribution in [1.82, 2.24) is 5.32 Å². The summed E-state index contributed by atoms with van der Waals surface area (Å²) in [4.78, 5) is 22.6. The largest absolute Gasteiger partial charge is 0.481 e. The van der Waals surface area contributed by atoms with Crippen molar-refractivity contribution in [1.29, 1.82) is 0 Å². The molecule has 0 bridgehead atoms. The Labute approximate surface area is 103 Å². The smallest absolute Gasteiger partial charge is 0.305 e. The van der Waals surface area contributed by atoms with E-state index in [1.165, 1.54) is 0 Å². The minimum atomic E-state index is -0.927. The van der Waals surface area contributed by atoms with Gasteiger partial charge in [0.1, 0.15) is 0 Å². The van der Waals surface area contributed by atoms with E-state index in [0.29, 0.717) is 0 Å². The summed E-state index contributed by atoms with van der Waals surface area (Å²) in [5, 5.41) is 11.5. The number of aliphatic carboxylic acids is 1. The molecule has 2 unspecified atom stereocenters. The predicted octanol–water partition coefficient (Wildman–Crippen LogP) is 0.975. The molecule has 0 aliphatic heterocycles. The van der Waals surface area contributed by atoms with Crippen LogP contribution in [0.15, 0.2) is 0 Å². The zero-order valence-corrected chi connectivity index (χ0v) is 11.3. The van der Waals surface area contributed by atoms with Gasteiger partial charge in [-0.1, -0.05) is 34.6 Å². The van der Waals surface area contributed by atoms with Crippen LogP contribution in [0.3, 0.4) is 0 Å². The number of amides is 1. The van der Waals surface area contributed by atoms with Gasteiger partial charge in [-0.25, -0.2) is 0 Å². The van der Waals surface area contributed by atoms with Crippen molar-refractivity contribution in [2.75, 3.05) is 0 Å². The lowest BCUT2D eigenvalue weighted by atomic mass is 9.84. The lowest BCUT2D eigenvalue weighted by molar-refractivity contribution is -0.138. The van der Waals surface area contributed by atoms with Crippen molar-refractivity contribution in [3.63, 3.8) is 0 Å². The highest BCUT2D eigenvalue weighted by atomic mass is 16.4. The molecule has 0 saturated heterocycles. The van der Waals surface area contributed by atoms with Crippen LogP contribution in [0, 0.1) is 11.3 Å². The van der Waals surface area contributed by atoms with Gasteiger partial charge in [0.15, 0.2) is 0 Å². The molecule has 0 radical (unpaired) electrons. The molecular formula is C12H24N2O3. The number of carboxylic acids is 1. The zero-order valence-electron chi connectivity index (χ0n) is 11.3. The standard InChI is InChI=1S/C12H24N2O3/c1-7(2)10(13)11(17)14-8(6-9(15)16)12(3,4)5/h7-8,10H,6,13H2,1-5H3,(H,14,17)(H,15,16).